The molecule has 2 nitrogen and oxygen atoms in total. The molecule has 0 heterocycles. The standard InChI is InChI=1S/C23H36O2/c1-5-15(2)18-8-9-19-20-7-6-16-14-17(24)10-11-22(16,4)23(20,25)13-12-21(18,19)3/h14-15,18-20,25H,5-13H2,1-4H3. The van der Waals surface area contributed by atoms with Crippen molar-refractivity contribution in [3.63, 3.8) is 0 Å². The summed E-state index contributed by atoms with van der Waals surface area (Å²) in [4.78, 5) is 12.0. The fourth-order valence-electron chi connectivity index (χ4n) is 7.76. The molecule has 0 aromatic carbocycles. The van der Waals surface area contributed by atoms with Crippen LogP contribution in [0.3, 0.4) is 0 Å². The van der Waals surface area contributed by atoms with Crippen LogP contribution in [0.1, 0.15) is 85.5 Å². The molecule has 0 amide bonds. The summed E-state index contributed by atoms with van der Waals surface area (Å²) >= 11 is 0. The van der Waals surface area contributed by atoms with E-state index in [1.807, 2.05) is 6.08 Å². The summed E-state index contributed by atoms with van der Waals surface area (Å²) in [5.41, 5.74) is 0.905. The number of hydrogen-bond donors (Lipinski definition) is 1. The summed E-state index contributed by atoms with van der Waals surface area (Å²) in [6, 6.07) is 0. The highest BCUT2D eigenvalue weighted by Crippen LogP contribution is 2.69. The second-order valence-corrected chi connectivity index (χ2v) is 10.2. The molecular formula is C23H36O2. The third kappa shape index (κ3) is 2.22. The largest absolute Gasteiger partial charge is 0.389 e. The van der Waals surface area contributed by atoms with Gasteiger partial charge in [0.1, 0.15) is 0 Å². The van der Waals surface area contributed by atoms with Gasteiger partial charge >= 0.3 is 0 Å². The van der Waals surface area contributed by atoms with Crippen LogP contribution < -0.4 is 0 Å². The zero-order valence-electron chi connectivity index (χ0n) is 16.6. The summed E-state index contributed by atoms with van der Waals surface area (Å²) in [5, 5.41) is 12.0. The Balaban J connectivity index is 1.70. The van der Waals surface area contributed by atoms with Crippen LogP contribution in [0, 0.1) is 34.5 Å². The van der Waals surface area contributed by atoms with E-state index in [0.717, 1.165) is 43.9 Å². The number of fused-ring (bicyclic) bond motifs is 5. The average molecular weight is 345 g/mol. The van der Waals surface area contributed by atoms with Crippen molar-refractivity contribution < 1.29 is 9.90 Å². The van der Waals surface area contributed by atoms with Crippen LogP contribution in [0.5, 0.6) is 0 Å². The van der Waals surface area contributed by atoms with Crippen LogP contribution in [-0.2, 0) is 4.79 Å². The number of carbonyl (C=O) groups excluding carboxylic acids is 1. The number of hydrogen-bond acceptors (Lipinski definition) is 2. The second-order valence-electron chi connectivity index (χ2n) is 10.2. The Bertz CT molecular complexity index is 607. The minimum Gasteiger partial charge on any atom is -0.389 e. The second kappa shape index (κ2) is 5.68. The van der Waals surface area contributed by atoms with Crippen molar-refractivity contribution in [2.75, 3.05) is 0 Å². The van der Waals surface area contributed by atoms with E-state index in [0.29, 0.717) is 23.7 Å². The molecule has 7 unspecified atom stereocenters. The first-order valence-electron chi connectivity index (χ1n) is 10.7. The summed E-state index contributed by atoms with van der Waals surface area (Å²) in [7, 11) is 0. The highest BCUT2D eigenvalue weighted by Gasteiger charge is 2.65. The molecule has 3 fully saturated rings. The minimum absolute atomic E-state index is 0.167. The summed E-state index contributed by atoms with van der Waals surface area (Å²) in [5.74, 6) is 2.98. The molecule has 1 N–H and O–H groups in total. The molecule has 7 atom stereocenters. The summed E-state index contributed by atoms with van der Waals surface area (Å²) in [6.07, 6.45) is 11.5. The van der Waals surface area contributed by atoms with Gasteiger partial charge in [-0.25, -0.2) is 0 Å². The molecule has 4 aliphatic rings. The molecule has 4 rings (SSSR count). The molecule has 0 aromatic rings. The molecule has 0 aliphatic heterocycles. The van der Waals surface area contributed by atoms with Crippen molar-refractivity contribution >= 4 is 5.78 Å². The van der Waals surface area contributed by atoms with Crippen molar-refractivity contribution in [3.8, 4) is 0 Å². The Hall–Kier alpha value is -0.630. The van der Waals surface area contributed by atoms with E-state index in [2.05, 4.69) is 27.7 Å². The van der Waals surface area contributed by atoms with E-state index < -0.39 is 5.60 Å². The van der Waals surface area contributed by atoms with Gasteiger partial charge in [0.15, 0.2) is 5.78 Å². The predicted octanol–water partition coefficient (Wildman–Crippen LogP) is 5.30. The number of aliphatic hydroxyl groups is 1. The molecular weight excluding hydrogens is 308 g/mol. The van der Waals surface area contributed by atoms with Crippen LogP contribution in [-0.4, -0.2) is 16.5 Å². The van der Waals surface area contributed by atoms with E-state index >= 15 is 0 Å². The van der Waals surface area contributed by atoms with Crippen LogP contribution in [0.4, 0.5) is 0 Å². The molecule has 0 bridgehead atoms. The van der Waals surface area contributed by atoms with Crippen LogP contribution in [0.2, 0.25) is 0 Å². The molecule has 25 heavy (non-hydrogen) atoms. The summed E-state index contributed by atoms with van der Waals surface area (Å²) in [6.45, 7) is 9.58. The quantitative estimate of drug-likeness (QED) is 0.738. The predicted molar refractivity (Wildman–Crippen MR) is 101 cm³/mol. The zero-order chi connectivity index (χ0) is 18.0. The maximum atomic E-state index is 12.0. The van der Waals surface area contributed by atoms with Gasteiger partial charge in [-0.05, 0) is 80.1 Å². The third-order valence-electron chi connectivity index (χ3n) is 9.55. The lowest BCUT2D eigenvalue weighted by molar-refractivity contribution is -0.193. The normalized spacial score (nSPS) is 50.5. The van der Waals surface area contributed by atoms with Gasteiger partial charge < -0.3 is 5.11 Å². The van der Waals surface area contributed by atoms with Gasteiger partial charge in [0, 0.05) is 11.8 Å². The first-order chi connectivity index (χ1) is 11.8. The Labute approximate surface area is 153 Å². The number of carbonyl (C=O) groups is 1. The van der Waals surface area contributed by atoms with E-state index in [-0.39, 0.29) is 11.2 Å². The Morgan fingerprint density at radius 3 is 2.60 bits per heavy atom. The molecule has 0 aromatic heterocycles. The van der Waals surface area contributed by atoms with Gasteiger partial charge in [0.05, 0.1) is 5.60 Å². The minimum atomic E-state index is -0.591. The van der Waals surface area contributed by atoms with Crippen molar-refractivity contribution in [2.24, 2.45) is 34.5 Å². The van der Waals surface area contributed by atoms with Crippen LogP contribution in [0.25, 0.3) is 0 Å². The van der Waals surface area contributed by atoms with Crippen molar-refractivity contribution in [3.05, 3.63) is 11.6 Å². The van der Waals surface area contributed by atoms with Gasteiger partial charge in [0.25, 0.3) is 0 Å². The molecule has 140 valence electrons. The highest BCUT2D eigenvalue weighted by molar-refractivity contribution is 5.91. The maximum Gasteiger partial charge on any atom is 0.155 e. The van der Waals surface area contributed by atoms with Gasteiger partial charge in [-0.15, -0.1) is 0 Å². The first kappa shape index (κ1) is 17.8. The Kier molecular flexibility index (Phi) is 4.04. The first-order valence-corrected chi connectivity index (χ1v) is 10.7. The Morgan fingerprint density at radius 2 is 1.88 bits per heavy atom. The van der Waals surface area contributed by atoms with Gasteiger partial charge in [-0.1, -0.05) is 39.7 Å². The van der Waals surface area contributed by atoms with E-state index in [1.54, 1.807) is 0 Å². The van der Waals surface area contributed by atoms with Gasteiger partial charge in [-0.2, -0.15) is 0 Å². The highest BCUT2D eigenvalue weighted by atomic mass is 16.3. The Morgan fingerprint density at radius 1 is 1.12 bits per heavy atom. The lowest BCUT2D eigenvalue weighted by Crippen LogP contribution is -2.63. The third-order valence-corrected chi connectivity index (χ3v) is 9.55. The molecule has 0 radical (unpaired) electrons. The molecule has 0 saturated heterocycles. The fraction of sp³-hybridized carbons (Fsp3) is 0.870. The van der Waals surface area contributed by atoms with E-state index in [1.165, 1.54) is 24.8 Å². The van der Waals surface area contributed by atoms with E-state index in [4.69, 9.17) is 0 Å². The van der Waals surface area contributed by atoms with Gasteiger partial charge in [0.2, 0.25) is 0 Å². The van der Waals surface area contributed by atoms with Crippen molar-refractivity contribution in [1.82, 2.24) is 0 Å². The van der Waals surface area contributed by atoms with Crippen molar-refractivity contribution in [1.29, 1.82) is 0 Å². The number of rotatable bonds is 2. The molecule has 3 saturated carbocycles. The smallest absolute Gasteiger partial charge is 0.155 e. The fourth-order valence-corrected chi connectivity index (χ4v) is 7.76. The molecule has 2 heteroatoms. The monoisotopic (exact) mass is 344 g/mol. The van der Waals surface area contributed by atoms with Crippen LogP contribution in [0.15, 0.2) is 11.6 Å². The summed E-state index contributed by atoms with van der Waals surface area (Å²) < 4.78 is 0. The topological polar surface area (TPSA) is 37.3 Å². The van der Waals surface area contributed by atoms with Crippen molar-refractivity contribution in [2.45, 2.75) is 91.1 Å². The lowest BCUT2D eigenvalue weighted by Gasteiger charge is -2.63. The van der Waals surface area contributed by atoms with E-state index in [9.17, 15) is 9.90 Å². The average Bonchev–Trinajstić information content (AvgIpc) is 2.93. The number of ketones is 1. The lowest BCUT2D eigenvalue weighted by atomic mass is 9.44. The SMILES string of the molecule is CCC(C)C1CCC2C3CCC4=CC(=O)CCC4(C)C3(O)CCC12C. The van der Waals surface area contributed by atoms with Gasteiger partial charge in [-0.3, -0.25) is 4.79 Å². The molecule has 4 aliphatic carbocycles. The molecule has 0 spiro atoms. The zero-order valence-corrected chi connectivity index (χ0v) is 16.6. The van der Waals surface area contributed by atoms with Crippen LogP contribution >= 0.6 is 0 Å². The maximum absolute atomic E-state index is 12.0.